The topological polar surface area (TPSA) is 46.5 Å². The quantitative estimate of drug-likeness (QED) is 0.648. The number of hydrogen-bond donors (Lipinski definition) is 1. The Morgan fingerprint density at radius 2 is 1.65 bits per heavy atom. The molecule has 0 aliphatic heterocycles. The summed E-state index contributed by atoms with van der Waals surface area (Å²) in [6, 6.07) is 3.52. The lowest BCUT2D eigenvalue weighted by Gasteiger charge is -2.29. The number of hydrogen-bond acceptors (Lipinski definition) is 3. The Labute approximate surface area is 122 Å². The highest BCUT2D eigenvalue weighted by Crippen LogP contribution is 2.44. The first-order valence-corrected chi connectivity index (χ1v) is 7.06. The fourth-order valence-electron chi connectivity index (χ4n) is 2.18. The molecule has 1 aromatic rings. The maximum atomic E-state index is 11.7. The minimum atomic E-state index is -0.311. The SMILES string of the molecule is CCC(=O)Oc1c(C(C)(C)C)ccc(O)c1C(C)(C)C. The number of phenolic OH excluding ortho intramolecular Hbond substituents is 1. The molecule has 0 saturated carbocycles. The maximum Gasteiger partial charge on any atom is 0.310 e. The molecule has 0 radical (unpaired) electrons. The van der Waals surface area contributed by atoms with Gasteiger partial charge in [0, 0.05) is 17.5 Å². The second-order valence-corrected chi connectivity index (χ2v) is 7.16. The third kappa shape index (κ3) is 3.53. The van der Waals surface area contributed by atoms with Gasteiger partial charge in [0.05, 0.1) is 0 Å². The van der Waals surface area contributed by atoms with Crippen molar-refractivity contribution in [3.63, 3.8) is 0 Å². The van der Waals surface area contributed by atoms with Gasteiger partial charge in [0.2, 0.25) is 0 Å². The number of aromatic hydroxyl groups is 1. The Bertz CT molecular complexity index is 502. The number of esters is 1. The summed E-state index contributed by atoms with van der Waals surface area (Å²) in [6.07, 6.45) is 0.308. The first-order chi connectivity index (χ1) is 8.98. The summed E-state index contributed by atoms with van der Waals surface area (Å²) in [5.41, 5.74) is 1.14. The highest BCUT2D eigenvalue weighted by molar-refractivity contribution is 5.74. The summed E-state index contributed by atoms with van der Waals surface area (Å²) in [5, 5.41) is 10.2. The Hall–Kier alpha value is -1.51. The number of ether oxygens (including phenoxy) is 1. The van der Waals surface area contributed by atoms with Crippen molar-refractivity contribution in [3.05, 3.63) is 23.3 Å². The van der Waals surface area contributed by atoms with Crippen LogP contribution in [0.4, 0.5) is 0 Å². The van der Waals surface area contributed by atoms with Gasteiger partial charge in [-0.15, -0.1) is 0 Å². The summed E-state index contributed by atoms with van der Waals surface area (Å²) in [7, 11) is 0. The molecule has 0 amide bonds. The average molecular weight is 278 g/mol. The molecule has 0 saturated heterocycles. The third-order valence-corrected chi connectivity index (χ3v) is 3.20. The van der Waals surface area contributed by atoms with E-state index < -0.39 is 0 Å². The summed E-state index contributed by atoms with van der Waals surface area (Å²) in [6.45, 7) is 13.9. The van der Waals surface area contributed by atoms with Crippen molar-refractivity contribution in [3.8, 4) is 11.5 Å². The largest absolute Gasteiger partial charge is 0.508 e. The molecule has 0 spiro atoms. The zero-order valence-corrected chi connectivity index (χ0v) is 13.6. The number of benzene rings is 1. The lowest BCUT2D eigenvalue weighted by Crippen LogP contribution is -2.21. The summed E-state index contributed by atoms with van der Waals surface area (Å²) in [4.78, 5) is 11.7. The zero-order chi connectivity index (χ0) is 15.7. The van der Waals surface area contributed by atoms with E-state index in [1.165, 1.54) is 0 Å². The van der Waals surface area contributed by atoms with Crippen LogP contribution in [0, 0.1) is 0 Å². The number of rotatable bonds is 2. The first kappa shape index (κ1) is 16.5. The molecule has 3 heteroatoms. The van der Waals surface area contributed by atoms with Crippen molar-refractivity contribution in [1.29, 1.82) is 0 Å². The minimum Gasteiger partial charge on any atom is -0.508 e. The first-order valence-electron chi connectivity index (χ1n) is 7.06. The maximum absolute atomic E-state index is 11.7. The van der Waals surface area contributed by atoms with Crippen LogP contribution >= 0.6 is 0 Å². The average Bonchev–Trinajstić information content (AvgIpc) is 2.25. The fraction of sp³-hybridized carbons (Fsp3) is 0.588. The fourth-order valence-corrected chi connectivity index (χ4v) is 2.18. The lowest BCUT2D eigenvalue weighted by atomic mass is 9.79. The van der Waals surface area contributed by atoms with E-state index in [0.29, 0.717) is 17.7 Å². The Balaban J connectivity index is 3.60. The molecule has 20 heavy (non-hydrogen) atoms. The van der Waals surface area contributed by atoms with Crippen LogP contribution in [-0.2, 0) is 15.6 Å². The highest BCUT2D eigenvalue weighted by Gasteiger charge is 2.30. The van der Waals surface area contributed by atoms with Crippen LogP contribution in [0.25, 0.3) is 0 Å². The van der Waals surface area contributed by atoms with Crippen molar-refractivity contribution < 1.29 is 14.6 Å². The summed E-state index contributed by atoms with van der Waals surface area (Å²) >= 11 is 0. The molecule has 0 bridgehead atoms. The molecule has 0 aromatic heterocycles. The Kier molecular flexibility index (Phi) is 4.52. The number of carbonyl (C=O) groups is 1. The monoisotopic (exact) mass is 278 g/mol. The Morgan fingerprint density at radius 1 is 1.10 bits per heavy atom. The normalized spacial score (nSPS) is 12.3. The van der Waals surface area contributed by atoms with Crippen LogP contribution in [0.3, 0.4) is 0 Å². The molecular weight excluding hydrogens is 252 g/mol. The third-order valence-electron chi connectivity index (χ3n) is 3.20. The zero-order valence-electron chi connectivity index (χ0n) is 13.6. The van der Waals surface area contributed by atoms with Crippen LogP contribution in [0.15, 0.2) is 12.1 Å². The summed E-state index contributed by atoms with van der Waals surface area (Å²) in [5.74, 6) is 0.396. The van der Waals surface area contributed by atoms with E-state index in [-0.39, 0.29) is 22.5 Å². The van der Waals surface area contributed by atoms with Gasteiger partial charge in [0.15, 0.2) is 0 Å². The van der Waals surface area contributed by atoms with E-state index in [1.807, 2.05) is 26.8 Å². The molecule has 0 aliphatic carbocycles. The van der Waals surface area contributed by atoms with Crippen molar-refractivity contribution in [2.24, 2.45) is 0 Å². The molecular formula is C17H26O3. The number of carbonyl (C=O) groups excluding carboxylic acids is 1. The van der Waals surface area contributed by atoms with E-state index in [2.05, 4.69) is 20.8 Å². The molecule has 1 N–H and O–H groups in total. The summed E-state index contributed by atoms with van der Waals surface area (Å²) < 4.78 is 5.56. The predicted molar refractivity (Wildman–Crippen MR) is 81.4 cm³/mol. The highest BCUT2D eigenvalue weighted by atomic mass is 16.5. The van der Waals surface area contributed by atoms with Crippen LogP contribution < -0.4 is 4.74 Å². The van der Waals surface area contributed by atoms with Gasteiger partial charge in [0.25, 0.3) is 0 Å². The van der Waals surface area contributed by atoms with Gasteiger partial charge < -0.3 is 9.84 Å². The second kappa shape index (κ2) is 5.47. The second-order valence-electron chi connectivity index (χ2n) is 7.16. The van der Waals surface area contributed by atoms with Crippen molar-refractivity contribution in [1.82, 2.24) is 0 Å². The Morgan fingerprint density at radius 3 is 2.05 bits per heavy atom. The molecule has 112 valence electrons. The molecule has 0 heterocycles. The van der Waals surface area contributed by atoms with E-state index in [1.54, 1.807) is 13.0 Å². The van der Waals surface area contributed by atoms with Crippen LogP contribution in [0.2, 0.25) is 0 Å². The standard InChI is InChI=1S/C17H26O3/c1-8-13(19)20-15-11(16(2,3)4)9-10-12(18)14(15)17(5,6)7/h9-10,18H,8H2,1-7H3. The van der Waals surface area contributed by atoms with Gasteiger partial charge in [-0.1, -0.05) is 54.5 Å². The molecule has 1 rings (SSSR count). The van der Waals surface area contributed by atoms with Gasteiger partial charge >= 0.3 is 5.97 Å². The van der Waals surface area contributed by atoms with Crippen molar-refractivity contribution in [2.75, 3.05) is 0 Å². The molecule has 0 atom stereocenters. The van der Waals surface area contributed by atoms with E-state index in [9.17, 15) is 9.90 Å². The van der Waals surface area contributed by atoms with Crippen molar-refractivity contribution in [2.45, 2.75) is 65.7 Å². The minimum absolute atomic E-state index is 0.170. The lowest BCUT2D eigenvalue weighted by molar-refractivity contribution is -0.134. The van der Waals surface area contributed by atoms with E-state index >= 15 is 0 Å². The van der Waals surface area contributed by atoms with Crippen molar-refractivity contribution >= 4 is 5.97 Å². The molecule has 3 nitrogen and oxygen atoms in total. The van der Waals surface area contributed by atoms with E-state index in [0.717, 1.165) is 5.56 Å². The molecule has 1 aromatic carbocycles. The van der Waals surface area contributed by atoms with Crippen LogP contribution in [-0.4, -0.2) is 11.1 Å². The van der Waals surface area contributed by atoms with Crippen LogP contribution in [0.5, 0.6) is 11.5 Å². The van der Waals surface area contributed by atoms with Gasteiger partial charge in [0.1, 0.15) is 11.5 Å². The number of phenols is 1. The predicted octanol–water partition coefficient (Wildman–Crippen LogP) is 4.30. The van der Waals surface area contributed by atoms with Crippen LogP contribution in [0.1, 0.15) is 66.0 Å². The molecule has 0 aliphatic rings. The van der Waals surface area contributed by atoms with Gasteiger partial charge in [-0.2, -0.15) is 0 Å². The van der Waals surface area contributed by atoms with E-state index in [4.69, 9.17) is 4.74 Å². The molecule has 0 unspecified atom stereocenters. The van der Waals surface area contributed by atoms with Gasteiger partial charge in [-0.3, -0.25) is 4.79 Å². The van der Waals surface area contributed by atoms with Gasteiger partial charge in [-0.05, 0) is 16.9 Å². The molecule has 0 fully saturated rings. The smallest absolute Gasteiger partial charge is 0.310 e. The van der Waals surface area contributed by atoms with Gasteiger partial charge in [-0.25, -0.2) is 0 Å².